The van der Waals surface area contributed by atoms with E-state index in [4.69, 9.17) is 14.3 Å². The molecule has 0 saturated heterocycles. The monoisotopic (exact) mass is 323 g/mol. The van der Waals surface area contributed by atoms with Gasteiger partial charge in [-0.1, -0.05) is 18.1 Å². The molecule has 23 heavy (non-hydrogen) atoms. The predicted octanol–water partition coefficient (Wildman–Crippen LogP) is 1.29. The van der Waals surface area contributed by atoms with E-state index in [1.807, 2.05) is 6.92 Å². The number of rotatable bonds is 8. The molecule has 0 fully saturated rings. The molecule has 0 aliphatic heterocycles. The van der Waals surface area contributed by atoms with Crippen LogP contribution < -0.4 is 20.1 Å². The number of oxime groups is 1. The van der Waals surface area contributed by atoms with Crippen molar-refractivity contribution in [1.29, 1.82) is 0 Å². The summed E-state index contributed by atoms with van der Waals surface area (Å²) in [6, 6.07) is 4.72. The first-order chi connectivity index (χ1) is 11.1. The smallest absolute Gasteiger partial charge is 0.321 e. The maximum absolute atomic E-state index is 11.4. The fraction of sp³-hybridized carbons (Fsp3) is 0.400. The zero-order chi connectivity index (χ0) is 17.1. The number of hydrogen-bond donors (Lipinski definition) is 2. The molecule has 0 saturated carbocycles. The largest absolute Gasteiger partial charge is 0.493 e. The van der Waals surface area contributed by atoms with Gasteiger partial charge in [-0.2, -0.15) is 0 Å². The van der Waals surface area contributed by atoms with Crippen LogP contribution in [0.5, 0.6) is 11.5 Å². The Labute approximate surface area is 134 Å². The van der Waals surface area contributed by atoms with Gasteiger partial charge in [0.2, 0.25) is 0 Å². The second kappa shape index (κ2) is 10.0. The summed E-state index contributed by atoms with van der Waals surface area (Å²) in [4.78, 5) is 27.5. The van der Waals surface area contributed by atoms with Gasteiger partial charge in [-0.25, -0.2) is 4.79 Å². The molecule has 1 aromatic carbocycles. The number of nitrogens with zero attached hydrogens (tertiary/aromatic N) is 1. The van der Waals surface area contributed by atoms with Crippen LogP contribution in [0, 0.1) is 0 Å². The average molecular weight is 323 g/mol. The van der Waals surface area contributed by atoms with E-state index in [0.29, 0.717) is 23.6 Å². The zero-order valence-electron chi connectivity index (χ0n) is 13.4. The van der Waals surface area contributed by atoms with E-state index in [1.165, 1.54) is 20.4 Å². The highest BCUT2D eigenvalue weighted by Crippen LogP contribution is 2.29. The van der Waals surface area contributed by atoms with Gasteiger partial charge in [0.05, 0.1) is 20.4 Å². The Balaban J connectivity index is 2.48. The number of amides is 3. The fourth-order valence-corrected chi connectivity index (χ4v) is 1.65. The Morgan fingerprint density at radius 1 is 1.26 bits per heavy atom. The SMILES string of the molecule is CCCNC(=O)NC(=O)CO/N=C\c1cccc(OC)c1OC. The van der Waals surface area contributed by atoms with E-state index in [1.54, 1.807) is 18.2 Å². The van der Waals surface area contributed by atoms with Crippen LogP contribution in [0.15, 0.2) is 23.4 Å². The molecule has 0 unspecified atom stereocenters. The van der Waals surface area contributed by atoms with E-state index < -0.39 is 11.9 Å². The van der Waals surface area contributed by atoms with Crippen molar-refractivity contribution in [3.63, 3.8) is 0 Å². The van der Waals surface area contributed by atoms with Gasteiger partial charge in [-0.15, -0.1) is 0 Å². The molecule has 0 aromatic heterocycles. The van der Waals surface area contributed by atoms with Crippen LogP contribution in [0.3, 0.4) is 0 Å². The number of hydrogen-bond acceptors (Lipinski definition) is 6. The number of carbonyl (C=O) groups excluding carboxylic acids is 2. The molecule has 8 nitrogen and oxygen atoms in total. The van der Waals surface area contributed by atoms with Crippen LogP contribution >= 0.6 is 0 Å². The first-order valence-corrected chi connectivity index (χ1v) is 7.06. The molecule has 0 heterocycles. The lowest BCUT2D eigenvalue weighted by Gasteiger charge is -2.09. The highest BCUT2D eigenvalue weighted by Gasteiger charge is 2.08. The van der Waals surface area contributed by atoms with Crippen LogP contribution in [0.25, 0.3) is 0 Å². The van der Waals surface area contributed by atoms with E-state index >= 15 is 0 Å². The van der Waals surface area contributed by atoms with Crippen molar-refractivity contribution in [2.75, 3.05) is 27.4 Å². The molecule has 0 spiro atoms. The van der Waals surface area contributed by atoms with Gasteiger partial charge in [0.25, 0.3) is 5.91 Å². The minimum atomic E-state index is -0.589. The lowest BCUT2D eigenvalue weighted by atomic mass is 10.2. The van der Waals surface area contributed by atoms with Gasteiger partial charge in [0.15, 0.2) is 18.1 Å². The summed E-state index contributed by atoms with van der Waals surface area (Å²) in [5.74, 6) is 0.473. The highest BCUT2D eigenvalue weighted by atomic mass is 16.6. The lowest BCUT2D eigenvalue weighted by molar-refractivity contribution is -0.124. The number of para-hydroxylation sites is 1. The molecule has 1 aromatic rings. The molecule has 3 amide bonds. The van der Waals surface area contributed by atoms with Gasteiger partial charge in [0, 0.05) is 12.1 Å². The number of benzene rings is 1. The van der Waals surface area contributed by atoms with Gasteiger partial charge < -0.3 is 19.6 Å². The molecule has 1 rings (SSSR count). The maximum atomic E-state index is 11.4. The fourth-order valence-electron chi connectivity index (χ4n) is 1.65. The number of nitrogens with one attached hydrogen (secondary N) is 2. The van der Waals surface area contributed by atoms with E-state index in [2.05, 4.69) is 15.8 Å². The normalized spacial score (nSPS) is 10.2. The molecule has 0 aliphatic carbocycles. The first kappa shape index (κ1) is 18.3. The van der Waals surface area contributed by atoms with Gasteiger partial charge in [-0.3, -0.25) is 10.1 Å². The number of urea groups is 1. The Morgan fingerprint density at radius 3 is 2.70 bits per heavy atom. The van der Waals surface area contributed by atoms with Crippen LogP contribution in [0.1, 0.15) is 18.9 Å². The minimum Gasteiger partial charge on any atom is -0.493 e. The van der Waals surface area contributed by atoms with Crippen molar-refractivity contribution in [3.05, 3.63) is 23.8 Å². The second-order valence-electron chi connectivity index (χ2n) is 4.39. The van der Waals surface area contributed by atoms with Gasteiger partial charge >= 0.3 is 6.03 Å². The standard InChI is InChI=1S/C15H21N3O5/c1-4-8-16-15(20)18-13(19)10-23-17-9-11-6-5-7-12(21-2)14(11)22-3/h5-7,9H,4,8,10H2,1-3H3,(H2,16,18,19,20)/b17-9-. The molecular formula is C15H21N3O5. The Morgan fingerprint density at radius 2 is 2.04 bits per heavy atom. The van der Waals surface area contributed by atoms with E-state index in [-0.39, 0.29) is 6.61 Å². The molecule has 8 heteroatoms. The summed E-state index contributed by atoms with van der Waals surface area (Å²) in [6.07, 6.45) is 2.18. The van der Waals surface area contributed by atoms with Crippen LogP contribution in [-0.4, -0.2) is 45.5 Å². The Bertz CT molecular complexity index is 560. The van der Waals surface area contributed by atoms with Gasteiger partial charge in [-0.05, 0) is 18.6 Å². The Hall–Kier alpha value is -2.77. The van der Waals surface area contributed by atoms with Crippen molar-refractivity contribution in [2.24, 2.45) is 5.16 Å². The third-order valence-corrected chi connectivity index (χ3v) is 2.68. The molecule has 0 atom stereocenters. The average Bonchev–Trinajstić information content (AvgIpc) is 2.56. The molecular weight excluding hydrogens is 302 g/mol. The first-order valence-electron chi connectivity index (χ1n) is 7.06. The van der Waals surface area contributed by atoms with Crippen molar-refractivity contribution >= 4 is 18.2 Å². The number of ether oxygens (including phenoxy) is 2. The van der Waals surface area contributed by atoms with E-state index in [9.17, 15) is 9.59 Å². The zero-order valence-corrected chi connectivity index (χ0v) is 13.4. The lowest BCUT2D eigenvalue weighted by Crippen LogP contribution is -2.41. The van der Waals surface area contributed by atoms with Crippen molar-refractivity contribution in [2.45, 2.75) is 13.3 Å². The molecule has 0 aliphatic rings. The van der Waals surface area contributed by atoms with Crippen molar-refractivity contribution in [3.8, 4) is 11.5 Å². The number of imide groups is 1. The van der Waals surface area contributed by atoms with E-state index in [0.717, 1.165) is 6.42 Å². The summed E-state index contributed by atoms with van der Waals surface area (Å²) in [7, 11) is 3.04. The summed E-state index contributed by atoms with van der Waals surface area (Å²) in [6.45, 7) is 2.03. The van der Waals surface area contributed by atoms with Crippen LogP contribution in [0.2, 0.25) is 0 Å². The van der Waals surface area contributed by atoms with Crippen LogP contribution in [-0.2, 0) is 9.63 Å². The summed E-state index contributed by atoms with van der Waals surface area (Å²) < 4.78 is 10.4. The summed E-state index contributed by atoms with van der Waals surface area (Å²) >= 11 is 0. The van der Waals surface area contributed by atoms with Gasteiger partial charge in [0.1, 0.15) is 0 Å². The molecule has 0 radical (unpaired) electrons. The third kappa shape index (κ3) is 6.25. The van der Waals surface area contributed by atoms with Crippen molar-refractivity contribution < 1.29 is 23.9 Å². The topological polar surface area (TPSA) is 98.3 Å². The quantitative estimate of drug-likeness (QED) is 0.555. The highest BCUT2D eigenvalue weighted by molar-refractivity contribution is 5.94. The summed E-state index contributed by atoms with van der Waals surface area (Å²) in [5.41, 5.74) is 0.632. The Kier molecular flexibility index (Phi) is 7.98. The molecule has 0 bridgehead atoms. The molecule has 2 N–H and O–H groups in total. The third-order valence-electron chi connectivity index (χ3n) is 2.68. The number of methoxy groups -OCH3 is 2. The number of carbonyl (C=O) groups is 2. The predicted molar refractivity (Wildman–Crippen MR) is 84.9 cm³/mol. The molecule has 126 valence electrons. The minimum absolute atomic E-state index is 0.373. The summed E-state index contributed by atoms with van der Waals surface area (Å²) in [5, 5.41) is 8.32. The second-order valence-corrected chi connectivity index (χ2v) is 4.39. The van der Waals surface area contributed by atoms with Crippen LogP contribution in [0.4, 0.5) is 4.79 Å². The maximum Gasteiger partial charge on any atom is 0.321 e. The van der Waals surface area contributed by atoms with Crippen molar-refractivity contribution in [1.82, 2.24) is 10.6 Å².